The van der Waals surface area contributed by atoms with E-state index in [9.17, 15) is 14.0 Å². The summed E-state index contributed by atoms with van der Waals surface area (Å²) in [6.45, 7) is -2.89. The smallest absolute Gasteiger partial charge is 0.387 e. The predicted octanol–water partition coefficient (Wildman–Crippen LogP) is 4.72. The van der Waals surface area contributed by atoms with Crippen molar-refractivity contribution in [3.05, 3.63) is 70.4 Å². The molecule has 0 unspecified atom stereocenters. The average Bonchev–Trinajstić information content (AvgIpc) is 2.99. The van der Waals surface area contributed by atoms with E-state index >= 15 is 0 Å². The molecule has 2 heterocycles. The second-order valence-electron chi connectivity index (χ2n) is 5.66. The van der Waals surface area contributed by atoms with Gasteiger partial charge in [0.15, 0.2) is 5.75 Å². The first kappa shape index (κ1) is 16.4. The van der Waals surface area contributed by atoms with Gasteiger partial charge in [0.1, 0.15) is 17.4 Å². The van der Waals surface area contributed by atoms with Crippen LogP contribution in [0.1, 0.15) is 16.4 Å². The van der Waals surface area contributed by atoms with Gasteiger partial charge in [0, 0.05) is 10.1 Å². The number of nitrogens with two attached hydrogens (primary N) is 1. The molecule has 2 N–H and O–H groups in total. The van der Waals surface area contributed by atoms with Crippen LogP contribution in [-0.4, -0.2) is 6.61 Å². The summed E-state index contributed by atoms with van der Waals surface area (Å²) in [6.07, 6.45) is 0. The highest BCUT2D eigenvalue weighted by molar-refractivity contribution is 7.19. The lowest BCUT2D eigenvalue weighted by atomic mass is 9.88. The van der Waals surface area contributed by atoms with E-state index in [1.165, 1.54) is 23.5 Å². The fraction of sp³-hybridized carbons (Fsp3) is 0.105. The van der Waals surface area contributed by atoms with Crippen LogP contribution in [0.25, 0.3) is 10.1 Å². The maximum atomic E-state index is 12.4. The van der Waals surface area contributed by atoms with Gasteiger partial charge < -0.3 is 15.2 Å². The van der Waals surface area contributed by atoms with Crippen LogP contribution in [0.3, 0.4) is 0 Å². The second kappa shape index (κ2) is 6.32. The molecule has 0 saturated heterocycles. The van der Waals surface area contributed by atoms with Crippen LogP contribution >= 0.6 is 11.3 Å². The Morgan fingerprint density at radius 1 is 1.15 bits per heavy atom. The molecule has 0 saturated carbocycles. The normalized spacial score (nSPS) is 16.3. The zero-order chi connectivity index (χ0) is 18.3. The van der Waals surface area contributed by atoms with Crippen molar-refractivity contribution >= 4 is 21.4 Å². The van der Waals surface area contributed by atoms with Gasteiger partial charge in [-0.05, 0) is 29.8 Å². The summed E-state index contributed by atoms with van der Waals surface area (Å²) in [5.74, 6) is 0.339. The van der Waals surface area contributed by atoms with E-state index in [-0.39, 0.29) is 11.6 Å². The van der Waals surface area contributed by atoms with Gasteiger partial charge in [-0.3, -0.25) is 0 Å². The number of nitrogens with zero attached hydrogens (tertiary/aromatic N) is 1. The number of rotatable bonds is 3. The molecular formula is C19H12F2N2O2S. The molecule has 4 nitrogen and oxygen atoms in total. The summed E-state index contributed by atoms with van der Waals surface area (Å²) in [4.78, 5) is 0.861. The van der Waals surface area contributed by atoms with E-state index in [1.54, 1.807) is 12.1 Å². The fourth-order valence-electron chi connectivity index (χ4n) is 3.05. The number of benzene rings is 2. The Hall–Kier alpha value is -3.11. The highest BCUT2D eigenvalue weighted by Gasteiger charge is 2.33. The first-order valence-corrected chi connectivity index (χ1v) is 8.54. The molecule has 1 aliphatic rings. The van der Waals surface area contributed by atoms with Crippen molar-refractivity contribution in [3.8, 4) is 17.6 Å². The molecule has 7 heteroatoms. The van der Waals surface area contributed by atoms with Crippen LogP contribution in [0.2, 0.25) is 0 Å². The van der Waals surface area contributed by atoms with Gasteiger partial charge in [0.05, 0.1) is 10.8 Å². The third-order valence-electron chi connectivity index (χ3n) is 4.16. The Morgan fingerprint density at radius 3 is 2.58 bits per heavy atom. The minimum atomic E-state index is -2.89. The monoisotopic (exact) mass is 370 g/mol. The fourth-order valence-corrected chi connectivity index (χ4v) is 4.32. The van der Waals surface area contributed by atoms with Crippen molar-refractivity contribution in [2.24, 2.45) is 5.73 Å². The van der Waals surface area contributed by atoms with Crippen LogP contribution in [0.5, 0.6) is 11.5 Å². The number of alkyl halides is 2. The van der Waals surface area contributed by atoms with E-state index in [1.807, 2.05) is 24.3 Å². The van der Waals surface area contributed by atoms with Crippen LogP contribution in [-0.2, 0) is 0 Å². The highest BCUT2D eigenvalue weighted by atomic mass is 32.1. The third kappa shape index (κ3) is 2.65. The molecule has 0 radical (unpaired) electrons. The van der Waals surface area contributed by atoms with Crippen molar-refractivity contribution in [2.75, 3.05) is 0 Å². The Balaban J connectivity index is 1.85. The van der Waals surface area contributed by atoms with E-state index in [2.05, 4.69) is 10.8 Å². The Morgan fingerprint density at radius 2 is 1.88 bits per heavy atom. The minimum Gasteiger partial charge on any atom is -0.439 e. The Labute approximate surface area is 151 Å². The number of hydrogen-bond acceptors (Lipinski definition) is 5. The Kier molecular flexibility index (Phi) is 3.98. The molecule has 0 aliphatic carbocycles. The Bertz CT molecular complexity index is 1050. The van der Waals surface area contributed by atoms with Gasteiger partial charge in [-0.15, -0.1) is 11.3 Å². The molecule has 2 aromatic carbocycles. The minimum absolute atomic E-state index is 0.0569. The quantitative estimate of drug-likeness (QED) is 0.724. The summed E-state index contributed by atoms with van der Waals surface area (Å²) >= 11 is 1.52. The molecule has 1 atom stereocenters. The summed E-state index contributed by atoms with van der Waals surface area (Å²) in [5.41, 5.74) is 7.04. The van der Waals surface area contributed by atoms with Crippen LogP contribution in [0.4, 0.5) is 8.78 Å². The zero-order valence-electron chi connectivity index (χ0n) is 13.3. The summed E-state index contributed by atoms with van der Waals surface area (Å²) in [7, 11) is 0. The summed E-state index contributed by atoms with van der Waals surface area (Å²) < 4.78 is 35.9. The molecule has 4 rings (SSSR count). The zero-order valence-corrected chi connectivity index (χ0v) is 14.1. The SMILES string of the molecule is N#CC1=C(N)Oc2c(sc3ccccc23)[C@H]1c1ccc(OC(F)F)cc1. The van der Waals surface area contributed by atoms with Gasteiger partial charge in [-0.2, -0.15) is 14.0 Å². The average molecular weight is 370 g/mol. The number of allylic oxidation sites excluding steroid dienone is 1. The maximum Gasteiger partial charge on any atom is 0.387 e. The van der Waals surface area contributed by atoms with Crippen LogP contribution in [0.15, 0.2) is 60.0 Å². The van der Waals surface area contributed by atoms with Crippen molar-refractivity contribution < 1.29 is 18.3 Å². The topological polar surface area (TPSA) is 68.3 Å². The standard InChI is InChI=1S/C19H12F2N2O2S/c20-19(21)24-11-7-5-10(6-8-11)15-13(9-22)18(23)25-16-12-3-1-2-4-14(12)26-17(15)16/h1-8,15,19H,23H2/t15-/m0/s1. The van der Waals surface area contributed by atoms with Crippen molar-refractivity contribution in [3.63, 3.8) is 0 Å². The van der Waals surface area contributed by atoms with Gasteiger partial charge in [0.2, 0.25) is 5.88 Å². The van der Waals surface area contributed by atoms with E-state index in [0.717, 1.165) is 20.5 Å². The molecule has 0 spiro atoms. The molecule has 1 aromatic heterocycles. The molecule has 0 fully saturated rings. The van der Waals surface area contributed by atoms with E-state index in [4.69, 9.17) is 10.5 Å². The van der Waals surface area contributed by atoms with E-state index < -0.39 is 12.5 Å². The van der Waals surface area contributed by atoms with Crippen molar-refractivity contribution in [1.82, 2.24) is 0 Å². The first-order chi connectivity index (χ1) is 12.6. The molecule has 0 bridgehead atoms. The number of ether oxygens (including phenoxy) is 2. The summed E-state index contributed by atoms with van der Waals surface area (Å²) in [5, 5.41) is 10.5. The molecule has 1 aliphatic heterocycles. The largest absolute Gasteiger partial charge is 0.439 e. The van der Waals surface area contributed by atoms with Crippen LogP contribution < -0.4 is 15.2 Å². The lowest BCUT2D eigenvalue weighted by molar-refractivity contribution is -0.0498. The molecule has 130 valence electrons. The summed E-state index contributed by atoms with van der Waals surface area (Å²) in [6, 6.07) is 16.1. The van der Waals surface area contributed by atoms with E-state index in [0.29, 0.717) is 11.3 Å². The number of fused-ring (bicyclic) bond motifs is 3. The first-order valence-electron chi connectivity index (χ1n) is 7.72. The predicted molar refractivity (Wildman–Crippen MR) is 94.2 cm³/mol. The molecule has 3 aromatic rings. The van der Waals surface area contributed by atoms with Crippen molar-refractivity contribution in [2.45, 2.75) is 12.5 Å². The van der Waals surface area contributed by atoms with Crippen molar-refractivity contribution in [1.29, 1.82) is 5.26 Å². The van der Waals surface area contributed by atoms with Gasteiger partial charge in [0.25, 0.3) is 0 Å². The number of halogens is 2. The molecular weight excluding hydrogens is 358 g/mol. The van der Waals surface area contributed by atoms with Gasteiger partial charge >= 0.3 is 6.61 Å². The highest BCUT2D eigenvalue weighted by Crippen LogP contribution is 2.50. The number of hydrogen-bond donors (Lipinski definition) is 1. The third-order valence-corrected chi connectivity index (χ3v) is 5.38. The van der Waals surface area contributed by atoms with Crippen LogP contribution in [0, 0.1) is 11.3 Å². The maximum absolute atomic E-state index is 12.4. The number of nitriles is 1. The van der Waals surface area contributed by atoms with Gasteiger partial charge in [-0.25, -0.2) is 0 Å². The number of thiophene rings is 1. The second-order valence-corrected chi connectivity index (χ2v) is 6.75. The lowest BCUT2D eigenvalue weighted by Crippen LogP contribution is -2.19. The molecule has 0 amide bonds. The molecule has 26 heavy (non-hydrogen) atoms. The lowest BCUT2D eigenvalue weighted by Gasteiger charge is -2.24. The van der Waals surface area contributed by atoms with Gasteiger partial charge in [-0.1, -0.05) is 24.3 Å².